The van der Waals surface area contributed by atoms with Crippen LogP contribution in [0.1, 0.15) is 12.0 Å². The predicted molar refractivity (Wildman–Crippen MR) is 80.1 cm³/mol. The summed E-state index contributed by atoms with van der Waals surface area (Å²) >= 11 is 0. The third-order valence-corrected chi connectivity index (χ3v) is 3.71. The lowest BCUT2D eigenvalue weighted by Crippen LogP contribution is -2.23. The molecule has 1 amide bonds. The van der Waals surface area contributed by atoms with Gasteiger partial charge in [0.25, 0.3) is 5.91 Å². The molecule has 6 heteroatoms. The largest absolute Gasteiger partial charge is 0.493 e. The van der Waals surface area contributed by atoms with Crippen LogP contribution in [0.5, 0.6) is 11.5 Å². The number of hydrogen-bond donors (Lipinski definition) is 2. The van der Waals surface area contributed by atoms with Crippen LogP contribution >= 0.6 is 0 Å². The van der Waals surface area contributed by atoms with Crippen molar-refractivity contribution in [1.82, 2.24) is 4.90 Å². The fraction of sp³-hybridized carbons (Fsp3) is 0.533. The van der Waals surface area contributed by atoms with E-state index in [0.717, 1.165) is 38.2 Å². The number of likely N-dealkylation sites (tertiary alicyclic amines) is 1. The minimum atomic E-state index is -0.507. The van der Waals surface area contributed by atoms with Crippen molar-refractivity contribution in [2.45, 2.75) is 13.0 Å². The highest BCUT2D eigenvalue weighted by Crippen LogP contribution is 2.29. The van der Waals surface area contributed by atoms with E-state index < -0.39 is 5.91 Å². The zero-order valence-electron chi connectivity index (χ0n) is 12.4. The maximum atomic E-state index is 10.8. The first-order valence-electron chi connectivity index (χ1n) is 7.12. The SMILES string of the molecule is COc1ccc(CN2CCC(CN)C2)cc1OCC(N)=O. The standard InChI is InChI=1S/C15H23N3O3/c1-20-13-3-2-11(6-14(13)21-10-15(17)19)8-18-5-4-12(7-16)9-18/h2-3,6,12H,4-5,7-10,16H2,1H3,(H2,17,19). The van der Waals surface area contributed by atoms with Gasteiger partial charge < -0.3 is 20.9 Å². The molecule has 21 heavy (non-hydrogen) atoms. The van der Waals surface area contributed by atoms with Crippen LogP contribution in [0.3, 0.4) is 0 Å². The normalized spacial score (nSPS) is 18.7. The molecule has 1 aromatic rings. The average Bonchev–Trinajstić information content (AvgIpc) is 2.93. The number of hydrogen-bond acceptors (Lipinski definition) is 5. The van der Waals surface area contributed by atoms with Crippen LogP contribution in [-0.2, 0) is 11.3 Å². The van der Waals surface area contributed by atoms with Gasteiger partial charge in [-0.1, -0.05) is 6.07 Å². The second-order valence-electron chi connectivity index (χ2n) is 5.37. The topological polar surface area (TPSA) is 90.8 Å². The molecule has 1 saturated heterocycles. The highest BCUT2D eigenvalue weighted by molar-refractivity contribution is 5.75. The zero-order chi connectivity index (χ0) is 15.2. The Labute approximate surface area is 125 Å². The van der Waals surface area contributed by atoms with Gasteiger partial charge in [0, 0.05) is 13.1 Å². The number of ether oxygens (including phenoxy) is 2. The summed E-state index contributed by atoms with van der Waals surface area (Å²) in [4.78, 5) is 13.2. The third-order valence-electron chi connectivity index (χ3n) is 3.71. The van der Waals surface area contributed by atoms with Gasteiger partial charge in [0.15, 0.2) is 18.1 Å². The molecule has 1 unspecified atom stereocenters. The minimum Gasteiger partial charge on any atom is -0.493 e. The Morgan fingerprint density at radius 1 is 1.43 bits per heavy atom. The van der Waals surface area contributed by atoms with Gasteiger partial charge in [-0.2, -0.15) is 0 Å². The number of methoxy groups -OCH3 is 1. The van der Waals surface area contributed by atoms with Gasteiger partial charge in [-0.3, -0.25) is 9.69 Å². The second kappa shape index (κ2) is 7.28. The molecule has 0 aliphatic carbocycles. The van der Waals surface area contributed by atoms with Crippen LogP contribution < -0.4 is 20.9 Å². The van der Waals surface area contributed by atoms with E-state index in [-0.39, 0.29) is 6.61 Å². The Kier molecular flexibility index (Phi) is 5.41. The van der Waals surface area contributed by atoms with Crippen molar-refractivity contribution in [3.8, 4) is 11.5 Å². The molecule has 1 aliphatic heterocycles. The van der Waals surface area contributed by atoms with Gasteiger partial charge in [-0.25, -0.2) is 0 Å². The smallest absolute Gasteiger partial charge is 0.255 e. The Morgan fingerprint density at radius 2 is 2.24 bits per heavy atom. The number of primary amides is 1. The summed E-state index contributed by atoms with van der Waals surface area (Å²) in [7, 11) is 1.57. The van der Waals surface area contributed by atoms with Crippen LogP contribution in [0, 0.1) is 5.92 Å². The first-order chi connectivity index (χ1) is 10.1. The molecule has 116 valence electrons. The van der Waals surface area contributed by atoms with E-state index in [1.165, 1.54) is 0 Å². The Hall–Kier alpha value is -1.79. The van der Waals surface area contributed by atoms with E-state index in [2.05, 4.69) is 4.90 Å². The number of amides is 1. The maximum Gasteiger partial charge on any atom is 0.255 e. The van der Waals surface area contributed by atoms with Crippen LogP contribution in [-0.4, -0.2) is 44.2 Å². The van der Waals surface area contributed by atoms with Crippen LogP contribution in [0.4, 0.5) is 0 Å². The fourth-order valence-electron chi connectivity index (χ4n) is 2.59. The molecule has 0 saturated carbocycles. The first-order valence-corrected chi connectivity index (χ1v) is 7.12. The summed E-state index contributed by atoms with van der Waals surface area (Å²) < 4.78 is 10.6. The molecule has 1 heterocycles. The van der Waals surface area contributed by atoms with E-state index in [1.807, 2.05) is 18.2 Å². The van der Waals surface area contributed by atoms with Crippen molar-refractivity contribution >= 4 is 5.91 Å². The Balaban J connectivity index is 2.03. The molecule has 0 bridgehead atoms. The quantitative estimate of drug-likeness (QED) is 0.756. The van der Waals surface area contributed by atoms with E-state index >= 15 is 0 Å². The van der Waals surface area contributed by atoms with Gasteiger partial charge in [-0.15, -0.1) is 0 Å². The number of rotatable bonds is 7. The molecule has 1 aromatic carbocycles. The van der Waals surface area contributed by atoms with E-state index in [4.69, 9.17) is 20.9 Å². The minimum absolute atomic E-state index is 0.154. The van der Waals surface area contributed by atoms with E-state index in [0.29, 0.717) is 17.4 Å². The van der Waals surface area contributed by atoms with Crippen molar-refractivity contribution < 1.29 is 14.3 Å². The second-order valence-corrected chi connectivity index (χ2v) is 5.37. The average molecular weight is 293 g/mol. The van der Waals surface area contributed by atoms with Gasteiger partial charge in [0.1, 0.15) is 0 Å². The number of carbonyl (C=O) groups is 1. The molecule has 1 atom stereocenters. The number of benzene rings is 1. The summed E-state index contributed by atoms with van der Waals surface area (Å²) in [6.07, 6.45) is 1.15. The van der Waals surface area contributed by atoms with Crippen molar-refractivity contribution in [2.24, 2.45) is 17.4 Å². The first kappa shape index (κ1) is 15.6. The monoisotopic (exact) mass is 293 g/mol. The summed E-state index contributed by atoms with van der Waals surface area (Å²) in [5.74, 6) is 1.23. The molecule has 0 radical (unpaired) electrons. The molecule has 0 spiro atoms. The Morgan fingerprint density at radius 3 is 2.86 bits per heavy atom. The van der Waals surface area contributed by atoms with Crippen molar-refractivity contribution in [3.63, 3.8) is 0 Å². The summed E-state index contributed by atoms with van der Waals surface area (Å²) in [6.45, 7) is 3.52. The van der Waals surface area contributed by atoms with Crippen molar-refractivity contribution in [1.29, 1.82) is 0 Å². The van der Waals surface area contributed by atoms with Gasteiger partial charge in [-0.05, 0) is 43.1 Å². The van der Waals surface area contributed by atoms with Crippen LogP contribution in [0.2, 0.25) is 0 Å². The third kappa shape index (κ3) is 4.34. The van der Waals surface area contributed by atoms with Crippen molar-refractivity contribution in [3.05, 3.63) is 23.8 Å². The zero-order valence-corrected chi connectivity index (χ0v) is 12.4. The van der Waals surface area contributed by atoms with Crippen LogP contribution in [0.25, 0.3) is 0 Å². The molecule has 6 nitrogen and oxygen atoms in total. The highest BCUT2D eigenvalue weighted by atomic mass is 16.5. The van der Waals surface area contributed by atoms with Gasteiger partial charge >= 0.3 is 0 Å². The highest BCUT2D eigenvalue weighted by Gasteiger charge is 2.21. The summed E-state index contributed by atoms with van der Waals surface area (Å²) in [5, 5.41) is 0. The van der Waals surface area contributed by atoms with Gasteiger partial charge in [0.2, 0.25) is 0 Å². The lowest BCUT2D eigenvalue weighted by Gasteiger charge is -2.17. The molecular weight excluding hydrogens is 270 g/mol. The number of carbonyl (C=O) groups excluding carboxylic acids is 1. The van der Waals surface area contributed by atoms with Gasteiger partial charge in [0.05, 0.1) is 7.11 Å². The summed E-state index contributed by atoms with van der Waals surface area (Å²) in [6, 6.07) is 5.76. The number of nitrogens with two attached hydrogens (primary N) is 2. The fourth-order valence-corrected chi connectivity index (χ4v) is 2.59. The molecule has 1 fully saturated rings. The molecule has 2 rings (SSSR count). The maximum absolute atomic E-state index is 10.8. The molecular formula is C15H23N3O3. The lowest BCUT2D eigenvalue weighted by molar-refractivity contribution is -0.119. The molecule has 1 aliphatic rings. The summed E-state index contributed by atoms with van der Waals surface area (Å²) in [5.41, 5.74) is 11.9. The van der Waals surface area contributed by atoms with Crippen LogP contribution in [0.15, 0.2) is 18.2 Å². The van der Waals surface area contributed by atoms with E-state index in [9.17, 15) is 4.79 Å². The predicted octanol–water partition coefficient (Wildman–Crippen LogP) is 0.340. The van der Waals surface area contributed by atoms with Crippen molar-refractivity contribution in [2.75, 3.05) is 33.4 Å². The van der Waals surface area contributed by atoms with E-state index in [1.54, 1.807) is 7.11 Å². The number of nitrogens with zero attached hydrogens (tertiary/aromatic N) is 1. The Bertz CT molecular complexity index is 493. The lowest BCUT2D eigenvalue weighted by atomic mass is 10.1. The molecule has 0 aromatic heterocycles. The molecule has 4 N–H and O–H groups in total.